The zero-order valence-corrected chi connectivity index (χ0v) is 11.8. The van der Waals surface area contributed by atoms with Crippen molar-refractivity contribution in [1.82, 2.24) is 4.90 Å². The minimum Gasteiger partial charge on any atom is -0.482 e. The van der Waals surface area contributed by atoms with Gasteiger partial charge in [-0.25, -0.2) is 4.79 Å². The molecule has 104 valence electrons. The first kappa shape index (κ1) is 13.9. The number of ether oxygens (including phenoxy) is 1. The van der Waals surface area contributed by atoms with E-state index in [0.29, 0.717) is 12.6 Å². The lowest BCUT2D eigenvalue weighted by Gasteiger charge is -2.20. The Labute approximate surface area is 115 Å². The Hall–Kier alpha value is -1.56. The van der Waals surface area contributed by atoms with Crippen LogP contribution in [0.15, 0.2) is 6.07 Å². The molecule has 0 spiro atoms. The van der Waals surface area contributed by atoms with E-state index in [0.717, 1.165) is 29.1 Å². The SMILES string of the molecule is CCN(C(=O)COc1cc(C)sc1C(=O)O)C1CC1. The van der Waals surface area contributed by atoms with E-state index >= 15 is 0 Å². The van der Waals surface area contributed by atoms with Crippen molar-refractivity contribution in [2.75, 3.05) is 13.2 Å². The smallest absolute Gasteiger partial charge is 0.349 e. The molecule has 0 atom stereocenters. The topological polar surface area (TPSA) is 66.8 Å². The number of likely N-dealkylation sites (N-methyl/N-ethyl adjacent to an activating group) is 1. The van der Waals surface area contributed by atoms with E-state index in [1.807, 2.05) is 13.8 Å². The number of hydrogen-bond acceptors (Lipinski definition) is 4. The van der Waals surface area contributed by atoms with Gasteiger partial charge in [-0.2, -0.15) is 0 Å². The van der Waals surface area contributed by atoms with Crippen LogP contribution < -0.4 is 4.74 Å². The predicted molar refractivity (Wildman–Crippen MR) is 71.9 cm³/mol. The molecule has 1 amide bonds. The minimum absolute atomic E-state index is 0.0785. The molecule has 1 aliphatic carbocycles. The molecule has 1 N–H and O–H groups in total. The largest absolute Gasteiger partial charge is 0.482 e. The lowest BCUT2D eigenvalue weighted by molar-refractivity contribution is -0.133. The number of amides is 1. The van der Waals surface area contributed by atoms with Crippen LogP contribution in [0.3, 0.4) is 0 Å². The van der Waals surface area contributed by atoms with Gasteiger partial charge in [-0.3, -0.25) is 4.79 Å². The van der Waals surface area contributed by atoms with Crippen molar-refractivity contribution < 1.29 is 19.4 Å². The van der Waals surface area contributed by atoms with Gasteiger partial charge in [0.1, 0.15) is 5.75 Å². The fraction of sp³-hybridized carbons (Fsp3) is 0.538. The highest BCUT2D eigenvalue weighted by Gasteiger charge is 2.31. The van der Waals surface area contributed by atoms with Crippen molar-refractivity contribution in [3.05, 3.63) is 15.8 Å². The lowest BCUT2D eigenvalue weighted by atomic mass is 10.4. The van der Waals surface area contributed by atoms with Gasteiger partial charge < -0.3 is 14.7 Å². The van der Waals surface area contributed by atoms with Crippen LogP contribution in [0.25, 0.3) is 0 Å². The van der Waals surface area contributed by atoms with Crippen molar-refractivity contribution in [2.45, 2.75) is 32.7 Å². The molecule has 6 heteroatoms. The standard InChI is InChI=1S/C13H17NO4S/c1-3-14(9-4-5-9)11(15)7-18-10-6-8(2)19-12(10)13(16)17/h6,9H,3-5,7H2,1-2H3,(H,16,17). The van der Waals surface area contributed by atoms with Gasteiger partial charge >= 0.3 is 5.97 Å². The van der Waals surface area contributed by atoms with Gasteiger partial charge in [-0.15, -0.1) is 11.3 Å². The van der Waals surface area contributed by atoms with Gasteiger partial charge in [0.25, 0.3) is 5.91 Å². The van der Waals surface area contributed by atoms with E-state index in [9.17, 15) is 9.59 Å². The Kier molecular flexibility index (Phi) is 4.09. The Morgan fingerprint density at radius 1 is 1.53 bits per heavy atom. The molecule has 0 aromatic carbocycles. The number of thiophene rings is 1. The molecule has 1 aromatic rings. The first-order valence-electron chi connectivity index (χ1n) is 6.29. The molecule has 0 unspecified atom stereocenters. The molecule has 1 fully saturated rings. The Bertz CT molecular complexity index is 493. The summed E-state index contributed by atoms with van der Waals surface area (Å²) in [5.41, 5.74) is 0. The van der Waals surface area contributed by atoms with E-state index in [1.54, 1.807) is 11.0 Å². The number of carbonyl (C=O) groups is 2. The molecule has 0 aliphatic heterocycles. The maximum absolute atomic E-state index is 12.0. The summed E-state index contributed by atoms with van der Waals surface area (Å²) in [6.45, 7) is 4.32. The normalized spacial score (nSPS) is 14.2. The average molecular weight is 283 g/mol. The first-order valence-corrected chi connectivity index (χ1v) is 7.10. The van der Waals surface area contributed by atoms with Crippen molar-refractivity contribution in [3.8, 4) is 5.75 Å². The third kappa shape index (κ3) is 3.26. The molecular formula is C13H17NO4S. The van der Waals surface area contributed by atoms with E-state index < -0.39 is 5.97 Å². The summed E-state index contributed by atoms with van der Waals surface area (Å²) in [4.78, 5) is 25.8. The second kappa shape index (κ2) is 5.61. The summed E-state index contributed by atoms with van der Waals surface area (Å²) in [7, 11) is 0. The number of nitrogens with zero attached hydrogens (tertiary/aromatic N) is 1. The minimum atomic E-state index is -1.02. The predicted octanol–water partition coefficient (Wildman–Crippen LogP) is 2.14. The highest BCUT2D eigenvalue weighted by molar-refractivity contribution is 7.14. The zero-order chi connectivity index (χ0) is 14.0. The molecular weight excluding hydrogens is 266 g/mol. The fourth-order valence-corrected chi connectivity index (χ4v) is 2.79. The van der Waals surface area contributed by atoms with Crippen LogP contribution in [0.1, 0.15) is 34.3 Å². The van der Waals surface area contributed by atoms with E-state index in [1.165, 1.54) is 0 Å². The Balaban J connectivity index is 1.98. The number of aryl methyl sites for hydroxylation is 1. The molecule has 0 saturated heterocycles. The fourth-order valence-electron chi connectivity index (χ4n) is 1.99. The second-order valence-corrected chi connectivity index (χ2v) is 5.81. The first-order chi connectivity index (χ1) is 9.02. The monoisotopic (exact) mass is 283 g/mol. The van der Waals surface area contributed by atoms with Crippen LogP contribution in [0, 0.1) is 6.92 Å². The number of rotatable bonds is 6. The number of aromatic carboxylic acids is 1. The molecule has 2 rings (SSSR count). The highest BCUT2D eigenvalue weighted by Crippen LogP contribution is 2.30. The summed E-state index contributed by atoms with van der Waals surface area (Å²) in [6.07, 6.45) is 2.11. The van der Waals surface area contributed by atoms with Crippen LogP contribution in [-0.4, -0.2) is 41.1 Å². The molecule has 5 nitrogen and oxygen atoms in total. The maximum atomic E-state index is 12.0. The van der Waals surface area contributed by atoms with Gasteiger partial charge in [0.2, 0.25) is 0 Å². The third-order valence-corrected chi connectivity index (χ3v) is 4.04. The molecule has 19 heavy (non-hydrogen) atoms. The van der Waals surface area contributed by atoms with Crippen molar-refractivity contribution in [1.29, 1.82) is 0 Å². The molecule has 1 saturated carbocycles. The lowest BCUT2D eigenvalue weighted by Crippen LogP contribution is -2.36. The van der Waals surface area contributed by atoms with Gasteiger partial charge in [-0.1, -0.05) is 0 Å². The van der Waals surface area contributed by atoms with Crippen molar-refractivity contribution in [3.63, 3.8) is 0 Å². The highest BCUT2D eigenvalue weighted by atomic mass is 32.1. The van der Waals surface area contributed by atoms with E-state index in [-0.39, 0.29) is 23.1 Å². The summed E-state index contributed by atoms with van der Waals surface area (Å²) < 4.78 is 5.38. The van der Waals surface area contributed by atoms with Crippen molar-refractivity contribution >= 4 is 23.2 Å². The maximum Gasteiger partial charge on any atom is 0.349 e. The van der Waals surface area contributed by atoms with E-state index in [2.05, 4.69) is 0 Å². The van der Waals surface area contributed by atoms with E-state index in [4.69, 9.17) is 9.84 Å². The van der Waals surface area contributed by atoms with Crippen molar-refractivity contribution in [2.24, 2.45) is 0 Å². The molecule has 1 heterocycles. The average Bonchev–Trinajstić information content (AvgIpc) is 3.10. The van der Waals surface area contributed by atoms with Crippen LogP contribution in [0.4, 0.5) is 0 Å². The quantitative estimate of drug-likeness (QED) is 0.868. The number of hydrogen-bond donors (Lipinski definition) is 1. The van der Waals surface area contributed by atoms with Gasteiger partial charge in [-0.05, 0) is 32.8 Å². The summed E-state index contributed by atoms with van der Waals surface area (Å²) >= 11 is 1.16. The Morgan fingerprint density at radius 2 is 2.21 bits per heavy atom. The number of carboxylic acids is 1. The zero-order valence-electron chi connectivity index (χ0n) is 11.0. The Morgan fingerprint density at radius 3 is 2.74 bits per heavy atom. The second-order valence-electron chi connectivity index (χ2n) is 4.56. The van der Waals surface area contributed by atoms with Crippen LogP contribution in [-0.2, 0) is 4.79 Å². The molecule has 0 radical (unpaired) electrons. The number of carbonyl (C=O) groups excluding carboxylic acids is 1. The summed E-state index contributed by atoms with van der Waals surface area (Å²) in [5, 5.41) is 9.03. The van der Waals surface area contributed by atoms with Gasteiger partial charge in [0, 0.05) is 17.5 Å². The third-order valence-electron chi connectivity index (χ3n) is 3.02. The molecule has 1 aromatic heterocycles. The molecule has 1 aliphatic rings. The number of carboxylic acid groups (broad SMARTS) is 1. The van der Waals surface area contributed by atoms with Gasteiger partial charge in [0.05, 0.1) is 0 Å². The molecule has 0 bridgehead atoms. The van der Waals surface area contributed by atoms with Crippen LogP contribution >= 0.6 is 11.3 Å². The summed E-state index contributed by atoms with van der Waals surface area (Å²) in [5.74, 6) is -0.810. The van der Waals surface area contributed by atoms with Gasteiger partial charge in [0.15, 0.2) is 11.5 Å². The van der Waals surface area contributed by atoms with Crippen LogP contribution in [0.2, 0.25) is 0 Å². The summed E-state index contributed by atoms with van der Waals surface area (Å²) in [6, 6.07) is 2.01. The van der Waals surface area contributed by atoms with Crippen LogP contribution in [0.5, 0.6) is 5.75 Å².